The van der Waals surface area contributed by atoms with Gasteiger partial charge in [-0.25, -0.2) is 0 Å². The lowest BCUT2D eigenvalue weighted by Crippen LogP contribution is -2.55. The lowest BCUT2D eigenvalue weighted by molar-refractivity contribution is -0.148. The first-order chi connectivity index (χ1) is 12.7. The predicted molar refractivity (Wildman–Crippen MR) is 101 cm³/mol. The maximum atomic E-state index is 12.1. The van der Waals surface area contributed by atoms with Crippen LogP contribution < -0.4 is 0 Å². The average Bonchev–Trinajstić information content (AvgIpc) is 3.35. The molecule has 4 fully saturated rings. The molecule has 0 saturated heterocycles. The van der Waals surface area contributed by atoms with Gasteiger partial charge in [-0.3, -0.25) is 9.59 Å². The molecule has 2 N–H and O–H groups in total. The van der Waals surface area contributed by atoms with Crippen molar-refractivity contribution in [3.63, 3.8) is 0 Å². The van der Waals surface area contributed by atoms with Crippen LogP contribution in [-0.4, -0.2) is 27.6 Å². The number of ketones is 1. The highest BCUT2D eigenvalue weighted by Gasteiger charge is 2.69. The highest BCUT2D eigenvalue weighted by atomic mass is 16.4. The predicted octanol–water partition coefficient (Wildman–Crippen LogP) is 3.97. The molecule has 0 aromatic carbocycles. The summed E-state index contributed by atoms with van der Waals surface area (Å²) in [7, 11) is 0. The molecule has 0 aromatic rings. The highest BCUT2D eigenvalue weighted by Crippen LogP contribution is 2.75. The zero-order chi connectivity index (χ0) is 19.2. The van der Waals surface area contributed by atoms with Crippen LogP contribution in [0.2, 0.25) is 0 Å². The van der Waals surface area contributed by atoms with Gasteiger partial charge in [0.05, 0.1) is 5.60 Å². The maximum absolute atomic E-state index is 12.1. The summed E-state index contributed by atoms with van der Waals surface area (Å²) in [4.78, 5) is 23.2. The Labute approximate surface area is 161 Å². The van der Waals surface area contributed by atoms with Crippen LogP contribution >= 0.6 is 0 Å². The molecule has 6 unspecified atom stereocenters. The van der Waals surface area contributed by atoms with Crippen molar-refractivity contribution < 1.29 is 19.8 Å². The van der Waals surface area contributed by atoms with Crippen LogP contribution in [0, 0.1) is 40.4 Å². The smallest absolute Gasteiger partial charge is 0.303 e. The Bertz CT molecular complexity index is 741. The first-order valence-electron chi connectivity index (χ1n) is 10.9. The molecule has 0 aromatic heterocycles. The van der Waals surface area contributed by atoms with E-state index in [2.05, 4.69) is 13.8 Å². The summed E-state index contributed by atoms with van der Waals surface area (Å²) in [5.41, 5.74) is 0.635. The molecule has 4 nitrogen and oxygen atoms in total. The highest BCUT2D eigenvalue weighted by molar-refractivity contribution is 5.92. The number of carbonyl (C=O) groups excluding carboxylic acids is 1. The summed E-state index contributed by atoms with van der Waals surface area (Å²) in [6.07, 6.45) is 9.22. The number of hydrogen-bond donors (Lipinski definition) is 2. The van der Waals surface area contributed by atoms with E-state index in [-0.39, 0.29) is 17.3 Å². The third-order valence-corrected chi connectivity index (χ3v) is 9.83. The van der Waals surface area contributed by atoms with E-state index in [1.165, 1.54) is 12.0 Å². The van der Waals surface area contributed by atoms with E-state index in [0.717, 1.165) is 32.1 Å². The minimum Gasteiger partial charge on any atom is -0.481 e. The molecule has 0 radical (unpaired) electrons. The normalized spacial score (nSPS) is 52.9. The number of rotatable bonds is 3. The first-order valence-corrected chi connectivity index (χ1v) is 10.9. The van der Waals surface area contributed by atoms with Gasteiger partial charge in [0.15, 0.2) is 5.78 Å². The van der Waals surface area contributed by atoms with Gasteiger partial charge in [-0.05, 0) is 91.4 Å². The maximum Gasteiger partial charge on any atom is 0.303 e. The molecule has 5 aliphatic carbocycles. The fourth-order valence-corrected chi connectivity index (χ4v) is 8.24. The van der Waals surface area contributed by atoms with Gasteiger partial charge in [-0.2, -0.15) is 0 Å². The summed E-state index contributed by atoms with van der Waals surface area (Å²) in [6, 6.07) is 0. The number of fused-ring (bicyclic) bond motifs is 8. The van der Waals surface area contributed by atoms with Crippen molar-refractivity contribution in [2.75, 3.05) is 0 Å². The molecule has 0 aliphatic heterocycles. The van der Waals surface area contributed by atoms with E-state index in [1.54, 1.807) is 0 Å². The lowest BCUT2D eigenvalue weighted by Gasteiger charge is -2.59. The van der Waals surface area contributed by atoms with Crippen LogP contribution in [0.25, 0.3) is 0 Å². The van der Waals surface area contributed by atoms with E-state index in [9.17, 15) is 14.7 Å². The average molecular weight is 373 g/mol. The fraction of sp³-hybridized carbons (Fsp3) is 0.826. The Morgan fingerprint density at radius 2 is 1.93 bits per heavy atom. The van der Waals surface area contributed by atoms with Crippen molar-refractivity contribution in [3.05, 3.63) is 11.6 Å². The minimum absolute atomic E-state index is 0.0612. The van der Waals surface area contributed by atoms with Crippen molar-refractivity contribution in [3.8, 4) is 0 Å². The van der Waals surface area contributed by atoms with Crippen molar-refractivity contribution in [1.82, 2.24) is 0 Å². The Hall–Kier alpha value is -1.16. The van der Waals surface area contributed by atoms with Crippen LogP contribution in [0.1, 0.15) is 71.6 Å². The van der Waals surface area contributed by atoms with Gasteiger partial charge >= 0.3 is 5.97 Å². The Balaban J connectivity index is 1.48. The van der Waals surface area contributed by atoms with Crippen LogP contribution in [0.3, 0.4) is 0 Å². The Kier molecular flexibility index (Phi) is 3.62. The largest absolute Gasteiger partial charge is 0.481 e. The van der Waals surface area contributed by atoms with Crippen LogP contribution in [0.5, 0.6) is 0 Å². The van der Waals surface area contributed by atoms with Gasteiger partial charge in [-0.1, -0.05) is 19.4 Å². The van der Waals surface area contributed by atoms with Gasteiger partial charge in [0.25, 0.3) is 0 Å². The zero-order valence-corrected chi connectivity index (χ0v) is 16.5. The van der Waals surface area contributed by atoms with Crippen LogP contribution in [-0.2, 0) is 9.59 Å². The quantitative estimate of drug-likeness (QED) is 0.786. The number of carbonyl (C=O) groups is 2. The number of hydrogen-bond acceptors (Lipinski definition) is 3. The molecule has 148 valence electrons. The molecule has 0 spiro atoms. The molecule has 0 amide bonds. The number of carboxylic acid groups (broad SMARTS) is 1. The molecule has 8 atom stereocenters. The molecular weight excluding hydrogens is 340 g/mol. The molecule has 0 bridgehead atoms. The summed E-state index contributed by atoms with van der Waals surface area (Å²) in [5.74, 6) is 2.56. The van der Waals surface area contributed by atoms with Gasteiger partial charge in [0.1, 0.15) is 0 Å². The molecule has 5 rings (SSSR count). The molecular formula is C23H32O4. The van der Waals surface area contributed by atoms with E-state index in [4.69, 9.17) is 5.11 Å². The monoisotopic (exact) mass is 372 g/mol. The molecule has 5 aliphatic rings. The third kappa shape index (κ3) is 2.25. The van der Waals surface area contributed by atoms with Gasteiger partial charge in [0.2, 0.25) is 0 Å². The number of aliphatic hydroxyl groups is 1. The molecule has 4 saturated carbocycles. The molecule has 27 heavy (non-hydrogen) atoms. The summed E-state index contributed by atoms with van der Waals surface area (Å²) >= 11 is 0. The van der Waals surface area contributed by atoms with E-state index >= 15 is 0 Å². The Morgan fingerprint density at radius 3 is 2.67 bits per heavy atom. The second-order valence-electron chi connectivity index (χ2n) is 10.7. The van der Waals surface area contributed by atoms with Crippen molar-refractivity contribution in [2.24, 2.45) is 40.4 Å². The van der Waals surface area contributed by atoms with Crippen molar-refractivity contribution in [2.45, 2.75) is 77.2 Å². The summed E-state index contributed by atoms with van der Waals surface area (Å²) < 4.78 is 0. The first kappa shape index (κ1) is 17.9. The molecule has 4 heteroatoms. The van der Waals surface area contributed by atoms with Crippen LogP contribution in [0.15, 0.2) is 11.6 Å². The van der Waals surface area contributed by atoms with Gasteiger partial charge in [-0.15, -0.1) is 0 Å². The standard InChI is InChI=1S/C23H32O4/c1-21-7-3-13(24)11-18(21)14-12-15(14)20-16(21)4-8-22(2)17(20)5-9-23(22,27)10-6-19(25)26/h11,14-17,20,27H,3-10,12H2,1-2H3,(H,25,26)/t14?,15?,16-,17?,20?,21?,22?,23+/m0/s1. The van der Waals surface area contributed by atoms with Crippen LogP contribution in [0.4, 0.5) is 0 Å². The number of aliphatic carboxylic acids is 1. The fourth-order valence-electron chi connectivity index (χ4n) is 8.24. The van der Waals surface area contributed by atoms with Crippen molar-refractivity contribution >= 4 is 11.8 Å². The van der Waals surface area contributed by atoms with Gasteiger partial charge < -0.3 is 10.2 Å². The SMILES string of the molecule is CC12CCC(=O)C=C1C1CC1C1C3CC[C@@](O)(CCC(=O)O)C3(C)CC[C@@H]12. The zero-order valence-electron chi connectivity index (χ0n) is 16.5. The lowest BCUT2D eigenvalue weighted by atomic mass is 9.46. The van der Waals surface area contributed by atoms with E-state index in [0.29, 0.717) is 48.2 Å². The minimum atomic E-state index is -0.828. The van der Waals surface area contributed by atoms with Crippen molar-refractivity contribution in [1.29, 1.82) is 0 Å². The second-order valence-corrected chi connectivity index (χ2v) is 10.7. The summed E-state index contributed by atoms with van der Waals surface area (Å²) in [6.45, 7) is 4.66. The Morgan fingerprint density at radius 1 is 1.19 bits per heavy atom. The van der Waals surface area contributed by atoms with E-state index < -0.39 is 11.6 Å². The topological polar surface area (TPSA) is 74.6 Å². The third-order valence-electron chi connectivity index (χ3n) is 9.83. The number of allylic oxidation sites excluding steroid dienone is 1. The second kappa shape index (κ2) is 5.46. The molecule has 0 heterocycles. The number of carboxylic acids is 1. The summed E-state index contributed by atoms with van der Waals surface area (Å²) in [5, 5.41) is 20.6. The van der Waals surface area contributed by atoms with Gasteiger partial charge in [0, 0.05) is 12.8 Å². The van der Waals surface area contributed by atoms with E-state index in [1.807, 2.05) is 6.08 Å².